The Morgan fingerprint density at radius 1 is 1.19 bits per heavy atom. The van der Waals surface area contributed by atoms with Crippen molar-refractivity contribution in [1.82, 2.24) is 20.1 Å². The van der Waals surface area contributed by atoms with Gasteiger partial charge in [-0.25, -0.2) is 14.5 Å². The number of aliphatic carboxylic acids is 1. The molecule has 0 aliphatic carbocycles. The first kappa shape index (κ1) is 18.6. The third-order valence-electron chi connectivity index (χ3n) is 4.22. The second-order valence-electron chi connectivity index (χ2n) is 6.92. The molecule has 7 nitrogen and oxygen atoms in total. The third-order valence-corrected chi connectivity index (χ3v) is 4.22. The molecule has 2 N–H and O–H groups in total. The van der Waals surface area contributed by atoms with Crippen LogP contribution in [0.4, 0.5) is 0 Å². The summed E-state index contributed by atoms with van der Waals surface area (Å²) in [5, 5.41) is 16.9. The molecule has 0 bridgehead atoms. The van der Waals surface area contributed by atoms with Gasteiger partial charge in [0.05, 0.1) is 18.3 Å². The first-order valence-electron chi connectivity index (χ1n) is 8.83. The van der Waals surface area contributed by atoms with Crippen LogP contribution in [0, 0.1) is 5.92 Å². The van der Waals surface area contributed by atoms with E-state index < -0.39 is 17.9 Å². The quantitative estimate of drug-likeness (QED) is 0.670. The van der Waals surface area contributed by atoms with Gasteiger partial charge in [-0.3, -0.25) is 4.79 Å². The SMILES string of the molecule is CC(C)C[C@H](NC(=O)c1cnc2c(cnn2Cc2ccccc2)c1)C(=O)O. The zero-order chi connectivity index (χ0) is 19.4. The predicted octanol–water partition coefficient (Wildman–Crippen LogP) is 2.71. The van der Waals surface area contributed by atoms with Gasteiger partial charge in [0.25, 0.3) is 5.91 Å². The summed E-state index contributed by atoms with van der Waals surface area (Å²) in [5.41, 5.74) is 2.09. The second kappa shape index (κ2) is 7.99. The molecule has 0 radical (unpaired) electrons. The van der Waals surface area contributed by atoms with E-state index in [0.29, 0.717) is 24.2 Å². The van der Waals surface area contributed by atoms with E-state index in [1.807, 2.05) is 44.2 Å². The average molecular weight is 366 g/mol. The third kappa shape index (κ3) is 4.49. The van der Waals surface area contributed by atoms with E-state index >= 15 is 0 Å². The number of hydrogen-bond acceptors (Lipinski definition) is 4. The molecule has 1 amide bonds. The summed E-state index contributed by atoms with van der Waals surface area (Å²) in [6.45, 7) is 4.41. The fourth-order valence-electron chi connectivity index (χ4n) is 2.90. The standard InChI is InChI=1S/C20H22N4O3/c1-13(2)8-17(20(26)27)23-19(25)16-9-15-11-22-24(18(15)21-10-16)12-14-6-4-3-5-7-14/h3-7,9-11,13,17H,8,12H2,1-2H3,(H,23,25)(H,26,27)/t17-/m0/s1. The number of nitrogens with one attached hydrogen (secondary N) is 1. The van der Waals surface area contributed by atoms with Crippen molar-refractivity contribution in [2.75, 3.05) is 0 Å². The van der Waals surface area contributed by atoms with E-state index in [0.717, 1.165) is 10.9 Å². The van der Waals surface area contributed by atoms with Gasteiger partial charge in [0.15, 0.2) is 5.65 Å². The largest absolute Gasteiger partial charge is 0.480 e. The van der Waals surface area contributed by atoms with Crippen LogP contribution in [-0.4, -0.2) is 37.8 Å². The van der Waals surface area contributed by atoms with Gasteiger partial charge in [-0.1, -0.05) is 44.2 Å². The zero-order valence-corrected chi connectivity index (χ0v) is 15.3. The minimum atomic E-state index is -1.04. The van der Waals surface area contributed by atoms with Crippen molar-refractivity contribution in [3.63, 3.8) is 0 Å². The molecule has 0 saturated heterocycles. The highest BCUT2D eigenvalue weighted by Gasteiger charge is 2.22. The van der Waals surface area contributed by atoms with Gasteiger partial charge < -0.3 is 10.4 Å². The van der Waals surface area contributed by atoms with Crippen molar-refractivity contribution in [1.29, 1.82) is 0 Å². The number of rotatable bonds is 7. The molecule has 1 aromatic carbocycles. The fourth-order valence-corrected chi connectivity index (χ4v) is 2.90. The number of fused-ring (bicyclic) bond motifs is 1. The zero-order valence-electron chi connectivity index (χ0n) is 15.3. The molecule has 0 aliphatic rings. The number of nitrogens with zero attached hydrogens (tertiary/aromatic N) is 3. The highest BCUT2D eigenvalue weighted by atomic mass is 16.4. The number of hydrogen-bond donors (Lipinski definition) is 2. The minimum Gasteiger partial charge on any atom is -0.480 e. The molecule has 0 aliphatic heterocycles. The van der Waals surface area contributed by atoms with Gasteiger partial charge in [0.1, 0.15) is 6.04 Å². The van der Waals surface area contributed by atoms with Crippen LogP contribution < -0.4 is 5.32 Å². The lowest BCUT2D eigenvalue weighted by Gasteiger charge is -2.16. The van der Waals surface area contributed by atoms with Crippen LogP contribution in [-0.2, 0) is 11.3 Å². The van der Waals surface area contributed by atoms with Gasteiger partial charge in [-0.15, -0.1) is 0 Å². The molecule has 140 valence electrons. The van der Waals surface area contributed by atoms with Crippen LogP contribution in [0.3, 0.4) is 0 Å². The van der Waals surface area contributed by atoms with Gasteiger partial charge in [0, 0.05) is 11.6 Å². The maximum Gasteiger partial charge on any atom is 0.326 e. The summed E-state index contributed by atoms with van der Waals surface area (Å²) < 4.78 is 1.77. The van der Waals surface area contributed by atoms with Crippen LogP contribution in [0.2, 0.25) is 0 Å². The van der Waals surface area contributed by atoms with Crippen LogP contribution in [0.5, 0.6) is 0 Å². The Bertz CT molecular complexity index is 950. The molecule has 3 aromatic rings. The first-order valence-corrected chi connectivity index (χ1v) is 8.83. The Morgan fingerprint density at radius 2 is 1.93 bits per heavy atom. The van der Waals surface area contributed by atoms with Crippen molar-refractivity contribution in [3.05, 3.63) is 59.9 Å². The number of amides is 1. The highest BCUT2D eigenvalue weighted by molar-refractivity contribution is 5.98. The summed E-state index contributed by atoms with van der Waals surface area (Å²) in [6, 6.07) is 10.7. The molecule has 1 atom stereocenters. The molecule has 27 heavy (non-hydrogen) atoms. The summed E-state index contributed by atoms with van der Waals surface area (Å²) in [6.07, 6.45) is 3.48. The molecule has 2 heterocycles. The number of benzene rings is 1. The Balaban J connectivity index is 1.78. The van der Waals surface area contributed by atoms with Gasteiger partial charge >= 0.3 is 5.97 Å². The van der Waals surface area contributed by atoms with Crippen molar-refractivity contribution in [2.24, 2.45) is 5.92 Å². The Labute approximate surface area is 157 Å². The molecule has 7 heteroatoms. The molecule has 2 aromatic heterocycles. The average Bonchev–Trinajstić information content (AvgIpc) is 3.03. The molecular formula is C20H22N4O3. The van der Waals surface area contributed by atoms with Crippen LogP contribution in [0.1, 0.15) is 36.2 Å². The van der Waals surface area contributed by atoms with E-state index in [2.05, 4.69) is 15.4 Å². The van der Waals surface area contributed by atoms with E-state index in [-0.39, 0.29) is 5.92 Å². The van der Waals surface area contributed by atoms with Crippen LogP contribution in [0.25, 0.3) is 11.0 Å². The molecule has 0 fully saturated rings. The minimum absolute atomic E-state index is 0.156. The van der Waals surface area contributed by atoms with E-state index in [9.17, 15) is 14.7 Å². The fraction of sp³-hybridized carbons (Fsp3) is 0.300. The number of carbonyl (C=O) groups excluding carboxylic acids is 1. The highest BCUT2D eigenvalue weighted by Crippen LogP contribution is 2.15. The number of carbonyl (C=O) groups is 2. The summed E-state index contributed by atoms with van der Waals surface area (Å²) in [7, 11) is 0. The lowest BCUT2D eigenvalue weighted by molar-refractivity contribution is -0.139. The normalized spacial score (nSPS) is 12.3. The van der Waals surface area contributed by atoms with Crippen molar-refractivity contribution in [2.45, 2.75) is 32.9 Å². The number of aromatic nitrogens is 3. The van der Waals surface area contributed by atoms with Crippen LogP contribution in [0.15, 0.2) is 48.8 Å². The molecular weight excluding hydrogens is 344 g/mol. The Morgan fingerprint density at radius 3 is 2.59 bits per heavy atom. The Kier molecular flexibility index (Phi) is 5.49. The first-order chi connectivity index (χ1) is 12.9. The number of pyridine rings is 1. The summed E-state index contributed by atoms with van der Waals surface area (Å²) >= 11 is 0. The predicted molar refractivity (Wildman–Crippen MR) is 101 cm³/mol. The summed E-state index contributed by atoms with van der Waals surface area (Å²) in [4.78, 5) is 28.2. The smallest absolute Gasteiger partial charge is 0.326 e. The topological polar surface area (TPSA) is 97.1 Å². The monoisotopic (exact) mass is 366 g/mol. The van der Waals surface area contributed by atoms with Crippen molar-refractivity contribution < 1.29 is 14.7 Å². The lowest BCUT2D eigenvalue weighted by Crippen LogP contribution is -2.41. The molecule has 0 saturated carbocycles. The van der Waals surface area contributed by atoms with Gasteiger partial charge in [0.2, 0.25) is 0 Å². The lowest BCUT2D eigenvalue weighted by atomic mass is 10.0. The Hall–Kier alpha value is -3.22. The van der Waals surface area contributed by atoms with Gasteiger partial charge in [-0.05, 0) is 24.0 Å². The molecule has 0 spiro atoms. The van der Waals surface area contributed by atoms with Crippen molar-refractivity contribution in [3.8, 4) is 0 Å². The number of carboxylic acid groups (broad SMARTS) is 1. The summed E-state index contributed by atoms with van der Waals surface area (Å²) in [5.74, 6) is -1.33. The molecule has 0 unspecified atom stereocenters. The van der Waals surface area contributed by atoms with Gasteiger partial charge in [-0.2, -0.15) is 5.10 Å². The van der Waals surface area contributed by atoms with E-state index in [1.54, 1.807) is 16.9 Å². The maximum absolute atomic E-state index is 12.4. The van der Waals surface area contributed by atoms with Crippen molar-refractivity contribution >= 4 is 22.9 Å². The maximum atomic E-state index is 12.4. The molecule has 3 rings (SSSR count). The van der Waals surface area contributed by atoms with E-state index in [1.165, 1.54) is 6.20 Å². The second-order valence-corrected chi connectivity index (χ2v) is 6.92. The van der Waals surface area contributed by atoms with Crippen LogP contribution >= 0.6 is 0 Å². The van der Waals surface area contributed by atoms with E-state index in [4.69, 9.17) is 0 Å². The number of carboxylic acids is 1.